The lowest BCUT2D eigenvalue weighted by molar-refractivity contribution is -0.142. The smallest absolute Gasteiger partial charge is 0.326 e. The highest BCUT2D eigenvalue weighted by Gasteiger charge is 2.18. The second-order valence-electron chi connectivity index (χ2n) is 3.77. The van der Waals surface area contributed by atoms with E-state index in [1.54, 1.807) is 23.1 Å². The molecule has 0 radical (unpaired) electrons. The first-order valence-corrected chi connectivity index (χ1v) is 5.63. The number of carboxylic acids is 1. The molecule has 1 rings (SSSR count). The molecule has 2 N–H and O–H groups in total. The predicted molar refractivity (Wildman–Crippen MR) is 61.3 cm³/mol. The second kappa shape index (κ2) is 6.67. The first-order chi connectivity index (χ1) is 8.13. The van der Waals surface area contributed by atoms with E-state index < -0.39 is 12.0 Å². The Morgan fingerprint density at radius 2 is 2.29 bits per heavy atom. The molecule has 0 aliphatic carbocycles. The highest BCUT2D eigenvalue weighted by atomic mass is 16.4. The molecule has 1 atom stereocenters. The highest BCUT2D eigenvalue weighted by molar-refractivity contribution is 5.83. The van der Waals surface area contributed by atoms with Crippen LogP contribution >= 0.6 is 0 Å². The van der Waals surface area contributed by atoms with Crippen LogP contribution in [0.2, 0.25) is 0 Å². The Morgan fingerprint density at radius 3 is 2.82 bits per heavy atom. The van der Waals surface area contributed by atoms with Crippen LogP contribution in [0.5, 0.6) is 0 Å². The number of nitrogens with one attached hydrogen (secondary N) is 1. The Morgan fingerprint density at radius 1 is 1.53 bits per heavy atom. The largest absolute Gasteiger partial charge is 0.480 e. The van der Waals surface area contributed by atoms with Gasteiger partial charge in [-0.3, -0.25) is 9.48 Å². The molecule has 17 heavy (non-hydrogen) atoms. The van der Waals surface area contributed by atoms with E-state index in [4.69, 9.17) is 5.11 Å². The maximum atomic E-state index is 11.5. The van der Waals surface area contributed by atoms with Gasteiger partial charge in [0.2, 0.25) is 5.91 Å². The number of amides is 1. The van der Waals surface area contributed by atoms with Crippen molar-refractivity contribution < 1.29 is 14.7 Å². The molecule has 0 bridgehead atoms. The van der Waals surface area contributed by atoms with E-state index in [2.05, 4.69) is 10.4 Å². The molecule has 0 saturated carbocycles. The summed E-state index contributed by atoms with van der Waals surface area (Å²) >= 11 is 0. The lowest BCUT2D eigenvalue weighted by Crippen LogP contribution is -2.40. The van der Waals surface area contributed by atoms with Crippen molar-refractivity contribution >= 4 is 11.9 Å². The summed E-state index contributed by atoms with van der Waals surface area (Å²) in [6.07, 6.45) is 4.79. The number of hydrogen-bond acceptors (Lipinski definition) is 3. The SMILES string of the molecule is CCC[C@H](NC(=O)CCn1cccn1)C(=O)O. The monoisotopic (exact) mass is 239 g/mol. The molecule has 0 aliphatic rings. The number of aryl methyl sites for hydroxylation is 1. The molecular formula is C11H17N3O3. The Bertz CT molecular complexity index is 362. The summed E-state index contributed by atoms with van der Waals surface area (Å²) in [5.41, 5.74) is 0. The number of rotatable bonds is 7. The molecule has 6 nitrogen and oxygen atoms in total. The van der Waals surface area contributed by atoms with Gasteiger partial charge in [-0.05, 0) is 12.5 Å². The zero-order valence-corrected chi connectivity index (χ0v) is 9.80. The van der Waals surface area contributed by atoms with Crippen molar-refractivity contribution in [3.8, 4) is 0 Å². The Balaban J connectivity index is 2.34. The van der Waals surface area contributed by atoms with Crippen LogP contribution in [-0.4, -0.2) is 32.8 Å². The van der Waals surface area contributed by atoms with E-state index in [-0.39, 0.29) is 12.3 Å². The minimum Gasteiger partial charge on any atom is -0.480 e. The third-order valence-corrected chi connectivity index (χ3v) is 2.34. The van der Waals surface area contributed by atoms with Crippen LogP contribution < -0.4 is 5.32 Å². The van der Waals surface area contributed by atoms with Gasteiger partial charge in [0.05, 0.1) is 0 Å². The molecule has 1 heterocycles. The van der Waals surface area contributed by atoms with Crippen molar-refractivity contribution in [2.45, 2.75) is 38.8 Å². The van der Waals surface area contributed by atoms with Crippen LogP contribution in [-0.2, 0) is 16.1 Å². The molecule has 6 heteroatoms. The van der Waals surface area contributed by atoms with E-state index in [0.29, 0.717) is 13.0 Å². The second-order valence-corrected chi connectivity index (χ2v) is 3.77. The van der Waals surface area contributed by atoms with Crippen molar-refractivity contribution in [3.05, 3.63) is 18.5 Å². The molecule has 0 fully saturated rings. The molecule has 94 valence electrons. The summed E-state index contributed by atoms with van der Waals surface area (Å²) in [5.74, 6) is -1.25. The topological polar surface area (TPSA) is 84.2 Å². The Labute approximate surface area is 99.6 Å². The highest BCUT2D eigenvalue weighted by Crippen LogP contribution is 1.98. The molecule has 1 aromatic rings. The minimum atomic E-state index is -0.987. The van der Waals surface area contributed by atoms with Gasteiger partial charge < -0.3 is 10.4 Å². The van der Waals surface area contributed by atoms with Gasteiger partial charge >= 0.3 is 5.97 Å². The number of nitrogens with zero attached hydrogens (tertiary/aromatic N) is 2. The molecular weight excluding hydrogens is 222 g/mol. The summed E-state index contributed by atoms with van der Waals surface area (Å²) in [4.78, 5) is 22.3. The van der Waals surface area contributed by atoms with Gasteiger partial charge in [-0.1, -0.05) is 13.3 Å². The zero-order valence-electron chi connectivity index (χ0n) is 9.80. The summed E-state index contributed by atoms with van der Waals surface area (Å²) in [6, 6.07) is 0.986. The van der Waals surface area contributed by atoms with E-state index in [1.165, 1.54) is 0 Å². The van der Waals surface area contributed by atoms with Gasteiger partial charge in [0.25, 0.3) is 0 Å². The third-order valence-electron chi connectivity index (χ3n) is 2.34. The quantitative estimate of drug-likeness (QED) is 0.731. The van der Waals surface area contributed by atoms with Gasteiger partial charge in [0.1, 0.15) is 6.04 Å². The molecule has 1 amide bonds. The molecule has 0 unspecified atom stereocenters. The van der Waals surface area contributed by atoms with Crippen LogP contribution in [0.25, 0.3) is 0 Å². The first-order valence-electron chi connectivity index (χ1n) is 5.63. The van der Waals surface area contributed by atoms with E-state index in [0.717, 1.165) is 6.42 Å². The number of carboxylic acid groups (broad SMARTS) is 1. The number of carbonyl (C=O) groups excluding carboxylic acids is 1. The fourth-order valence-electron chi connectivity index (χ4n) is 1.46. The lowest BCUT2D eigenvalue weighted by atomic mass is 10.1. The first kappa shape index (κ1) is 13.2. The van der Waals surface area contributed by atoms with Gasteiger partial charge in [-0.2, -0.15) is 5.10 Å². The normalized spacial score (nSPS) is 12.1. The summed E-state index contributed by atoms with van der Waals surface area (Å²) < 4.78 is 1.63. The van der Waals surface area contributed by atoms with E-state index >= 15 is 0 Å². The van der Waals surface area contributed by atoms with Crippen LogP contribution in [0.3, 0.4) is 0 Å². The fourth-order valence-corrected chi connectivity index (χ4v) is 1.46. The van der Waals surface area contributed by atoms with Gasteiger partial charge in [0, 0.05) is 25.4 Å². The fraction of sp³-hybridized carbons (Fsp3) is 0.545. The van der Waals surface area contributed by atoms with Crippen LogP contribution in [0.4, 0.5) is 0 Å². The van der Waals surface area contributed by atoms with Gasteiger partial charge in [-0.25, -0.2) is 4.79 Å². The molecule has 0 saturated heterocycles. The number of aromatic nitrogens is 2. The maximum Gasteiger partial charge on any atom is 0.326 e. The van der Waals surface area contributed by atoms with Crippen LogP contribution in [0.15, 0.2) is 18.5 Å². The average Bonchev–Trinajstić information content (AvgIpc) is 2.78. The summed E-state index contributed by atoms with van der Waals surface area (Å²) in [5, 5.41) is 15.3. The van der Waals surface area contributed by atoms with Crippen molar-refractivity contribution in [3.63, 3.8) is 0 Å². The van der Waals surface area contributed by atoms with Crippen LogP contribution in [0, 0.1) is 0 Å². The molecule has 1 aromatic heterocycles. The zero-order chi connectivity index (χ0) is 12.7. The van der Waals surface area contributed by atoms with Crippen LogP contribution in [0.1, 0.15) is 26.2 Å². The number of aliphatic carboxylic acids is 1. The molecule has 0 aliphatic heterocycles. The summed E-state index contributed by atoms with van der Waals surface area (Å²) in [7, 11) is 0. The van der Waals surface area contributed by atoms with Gasteiger partial charge in [-0.15, -0.1) is 0 Å². The van der Waals surface area contributed by atoms with Gasteiger partial charge in [0.15, 0.2) is 0 Å². The number of carbonyl (C=O) groups is 2. The van der Waals surface area contributed by atoms with Crippen molar-refractivity contribution in [2.24, 2.45) is 0 Å². The maximum absolute atomic E-state index is 11.5. The third kappa shape index (κ3) is 4.67. The number of hydrogen-bond donors (Lipinski definition) is 2. The Hall–Kier alpha value is -1.85. The minimum absolute atomic E-state index is 0.231. The Kier molecular flexibility index (Phi) is 5.19. The van der Waals surface area contributed by atoms with E-state index in [1.807, 2.05) is 6.92 Å². The molecule has 0 spiro atoms. The average molecular weight is 239 g/mol. The van der Waals surface area contributed by atoms with Crippen molar-refractivity contribution in [1.82, 2.24) is 15.1 Å². The van der Waals surface area contributed by atoms with Crippen molar-refractivity contribution in [1.29, 1.82) is 0 Å². The standard InChI is InChI=1S/C11H17N3O3/c1-2-4-9(11(16)17)13-10(15)5-8-14-7-3-6-12-14/h3,6-7,9H,2,4-5,8H2,1H3,(H,13,15)(H,16,17)/t9-/m0/s1. The van der Waals surface area contributed by atoms with E-state index in [9.17, 15) is 9.59 Å². The van der Waals surface area contributed by atoms with Crippen molar-refractivity contribution in [2.75, 3.05) is 0 Å². The molecule has 0 aromatic carbocycles. The lowest BCUT2D eigenvalue weighted by Gasteiger charge is -2.13. The summed E-state index contributed by atoms with van der Waals surface area (Å²) in [6.45, 7) is 2.34. The predicted octanol–water partition coefficient (Wildman–Crippen LogP) is 0.643.